The summed E-state index contributed by atoms with van der Waals surface area (Å²) in [5.74, 6) is 3.31. The number of hydrogen-bond acceptors (Lipinski definition) is 5. The lowest BCUT2D eigenvalue weighted by molar-refractivity contribution is 0.0994. The van der Waals surface area contributed by atoms with Crippen LogP contribution in [-0.2, 0) is 0 Å². The van der Waals surface area contributed by atoms with E-state index >= 15 is 0 Å². The minimum atomic E-state index is -0.532. The second kappa shape index (κ2) is 7.63. The van der Waals surface area contributed by atoms with Crippen LogP contribution in [0.4, 0.5) is 0 Å². The number of nitrogens with zero attached hydrogens (tertiary/aromatic N) is 1. The Balaban J connectivity index is 1.98. The number of benzene rings is 1. The number of aromatic nitrogens is 1. The van der Waals surface area contributed by atoms with Gasteiger partial charge in [0.05, 0.1) is 11.7 Å². The Labute approximate surface area is 153 Å². The van der Waals surface area contributed by atoms with Crippen molar-refractivity contribution in [3.8, 4) is 24.0 Å². The van der Waals surface area contributed by atoms with Gasteiger partial charge in [-0.3, -0.25) is 4.79 Å². The summed E-state index contributed by atoms with van der Waals surface area (Å²) < 4.78 is 11.9. The van der Waals surface area contributed by atoms with Crippen molar-refractivity contribution in [1.82, 2.24) is 10.3 Å². The van der Waals surface area contributed by atoms with E-state index in [1.54, 1.807) is 18.3 Å². The van der Waals surface area contributed by atoms with Gasteiger partial charge in [0, 0.05) is 37.0 Å². The largest absolute Gasteiger partial charge is 0.490 e. The Kier molecular flexibility index (Phi) is 5.29. The highest BCUT2D eigenvalue weighted by Crippen LogP contribution is 2.32. The van der Waals surface area contributed by atoms with Crippen LogP contribution in [0.25, 0.3) is 10.8 Å². The van der Waals surface area contributed by atoms with Gasteiger partial charge in [0.2, 0.25) is 5.88 Å². The Hall–Kier alpha value is -2.78. The van der Waals surface area contributed by atoms with Gasteiger partial charge in [-0.1, -0.05) is 0 Å². The lowest BCUT2D eigenvalue weighted by Crippen LogP contribution is -2.42. The summed E-state index contributed by atoms with van der Waals surface area (Å²) in [6, 6.07) is 5.30. The van der Waals surface area contributed by atoms with E-state index in [1.807, 2.05) is 19.9 Å². The Morgan fingerprint density at radius 2 is 2.23 bits per heavy atom. The monoisotopic (exact) mass is 353 g/mol. The van der Waals surface area contributed by atoms with Crippen molar-refractivity contribution in [1.29, 1.82) is 0 Å². The predicted octanol–water partition coefficient (Wildman–Crippen LogP) is 2.11. The van der Waals surface area contributed by atoms with Crippen molar-refractivity contribution < 1.29 is 14.3 Å². The lowest BCUT2D eigenvalue weighted by Gasteiger charge is -2.27. The molecule has 2 heterocycles. The van der Waals surface area contributed by atoms with Crippen LogP contribution in [0.5, 0.6) is 11.6 Å². The van der Waals surface area contributed by atoms with Gasteiger partial charge in [0.25, 0.3) is 5.91 Å². The molecule has 6 nitrogen and oxygen atoms in total. The van der Waals surface area contributed by atoms with Crippen LogP contribution in [0.15, 0.2) is 24.4 Å². The molecule has 2 atom stereocenters. The second-order valence-corrected chi connectivity index (χ2v) is 6.71. The van der Waals surface area contributed by atoms with Gasteiger partial charge in [-0.05, 0) is 37.4 Å². The van der Waals surface area contributed by atoms with Crippen molar-refractivity contribution in [3.63, 3.8) is 0 Å². The Morgan fingerprint density at radius 3 is 2.92 bits per heavy atom. The van der Waals surface area contributed by atoms with Crippen molar-refractivity contribution >= 4 is 16.7 Å². The number of amides is 1. The number of nitrogens with two attached hydrogens (primary N) is 1. The van der Waals surface area contributed by atoms with Gasteiger partial charge < -0.3 is 20.5 Å². The molecule has 0 bridgehead atoms. The molecule has 1 saturated heterocycles. The van der Waals surface area contributed by atoms with E-state index in [-0.39, 0.29) is 18.1 Å². The van der Waals surface area contributed by atoms with Crippen LogP contribution in [0.2, 0.25) is 0 Å². The fourth-order valence-electron chi connectivity index (χ4n) is 3.09. The average molecular weight is 353 g/mol. The first-order valence-corrected chi connectivity index (χ1v) is 8.70. The van der Waals surface area contributed by atoms with Crippen LogP contribution in [0, 0.1) is 18.3 Å². The standard InChI is InChI=1S/C20H23N3O3/c1-4-13-7-15(11-22-10-13)26-20-16-9-18(25-12(2)3)17(19(21)24)8-14(16)5-6-23-20/h1,5-6,8-9,12-13,15,22H,7,10-11H2,2-3H3,(H2,21,24)/t13-,15-/m1/s1. The van der Waals surface area contributed by atoms with E-state index in [4.69, 9.17) is 21.6 Å². The number of pyridine rings is 1. The number of ether oxygens (including phenoxy) is 2. The Bertz CT molecular complexity index is 857. The number of nitrogens with one attached hydrogen (secondary N) is 1. The summed E-state index contributed by atoms with van der Waals surface area (Å²) in [6.45, 7) is 5.30. The number of primary amides is 1. The molecule has 2 aromatic rings. The topological polar surface area (TPSA) is 86.5 Å². The quantitative estimate of drug-likeness (QED) is 0.804. The maximum Gasteiger partial charge on any atom is 0.252 e. The molecular formula is C20H23N3O3. The molecule has 26 heavy (non-hydrogen) atoms. The molecule has 0 saturated carbocycles. The van der Waals surface area contributed by atoms with E-state index in [9.17, 15) is 4.79 Å². The summed E-state index contributed by atoms with van der Waals surface area (Å²) in [4.78, 5) is 16.2. The van der Waals surface area contributed by atoms with E-state index in [0.717, 1.165) is 23.7 Å². The lowest BCUT2D eigenvalue weighted by atomic mass is 9.98. The van der Waals surface area contributed by atoms with Crippen LogP contribution >= 0.6 is 0 Å². The smallest absolute Gasteiger partial charge is 0.252 e. The highest BCUT2D eigenvalue weighted by atomic mass is 16.5. The van der Waals surface area contributed by atoms with Gasteiger partial charge in [0.1, 0.15) is 11.9 Å². The molecule has 1 amide bonds. The third-order valence-corrected chi connectivity index (χ3v) is 4.28. The minimum Gasteiger partial charge on any atom is -0.490 e. The molecule has 1 fully saturated rings. The molecular weight excluding hydrogens is 330 g/mol. The van der Waals surface area contributed by atoms with Crippen LogP contribution in [0.1, 0.15) is 30.6 Å². The van der Waals surface area contributed by atoms with Crippen molar-refractivity contribution in [3.05, 3.63) is 30.0 Å². The van der Waals surface area contributed by atoms with E-state index in [0.29, 0.717) is 23.7 Å². The zero-order valence-corrected chi connectivity index (χ0v) is 15.0. The first-order valence-electron chi connectivity index (χ1n) is 8.70. The van der Waals surface area contributed by atoms with E-state index < -0.39 is 5.91 Å². The molecule has 0 radical (unpaired) electrons. The molecule has 3 rings (SSSR count). The third kappa shape index (κ3) is 3.89. The number of rotatable bonds is 5. The van der Waals surface area contributed by atoms with Crippen molar-refractivity contribution in [2.24, 2.45) is 11.7 Å². The second-order valence-electron chi connectivity index (χ2n) is 6.71. The first-order chi connectivity index (χ1) is 12.5. The zero-order chi connectivity index (χ0) is 18.7. The number of carbonyl (C=O) groups is 1. The Morgan fingerprint density at radius 1 is 1.42 bits per heavy atom. The van der Waals surface area contributed by atoms with Crippen LogP contribution in [-0.4, -0.2) is 36.2 Å². The summed E-state index contributed by atoms with van der Waals surface area (Å²) >= 11 is 0. The van der Waals surface area contributed by atoms with Crippen molar-refractivity contribution in [2.75, 3.05) is 13.1 Å². The highest BCUT2D eigenvalue weighted by Gasteiger charge is 2.23. The highest BCUT2D eigenvalue weighted by molar-refractivity contribution is 6.01. The molecule has 1 aromatic carbocycles. The van der Waals surface area contributed by atoms with Gasteiger partial charge >= 0.3 is 0 Å². The normalized spacial score (nSPS) is 19.9. The number of hydrogen-bond donors (Lipinski definition) is 2. The van der Waals surface area contributed by atoms with Crippen molar-refractivity contribution in [2.45, 2.75) is 32.5 Å². The maximum atomic E-state index is 11.8. The predicted molar refractivity (Wildman–Crippen MR) is 100 cm³/mol. The number of carbonyl (C=O) groups excluding carboxylic acids is 1. The summed E-state index contributed by atoms with van der Waals surface area (Å²) in [7, 11) is 0. The molecule has 0 aliphatic carbocycles. The summed E-state index contributed by atoms with van der Waals surface area (Å²) in [5.41, 5.74) is 5.85. The molecule has 6 heteroatoms. The summed E-state index contributed by atoms with van der Waals surface area (Å²) in [6.07, 6.45) is 7.81. The van der Waals surface area contributed by atoms with Crippen LogP contribution < -0.4 is 20.5 Å². The maximum absolute atomic E-state index is 11.8. The molecule has 136 valence electrons. The minimum absolute atomic E-state index is 0.0619. The van der Waals surface area contributed by atoms with E-state index in [1.165, 1.54) is 0 Å². The average Bonchev–Trinajstić information content (AvgIpc) is 2.61. The molecule has 1 aliphatic rings. The molecule has 0 unspecified atom stereocenters. The molecule has 0 spiro atoms. The SMILES string of the molecule is C#C[C@H]1CNC[C@H](Oc2nccc3cc(C(N)=O)c(OC(C)C)cc23)C1. The van der Waals surface area contributed by atoms with Crippen LogP contribution in [0.3, 0.4) is 0 Å². The molecule has 1 aromatic heterocycles. The fraction of sp³-hybridized carbons (Fsp3) is 0.400. The van der Waals surface area contributed by atoms with E-state index in [2.05, 4.69) is 16.2 Å². The first kappa shape index (κ1) is 18.0. The molecule has 1 aliphatic heterocycles. The number of terminal acetylenes is 1. The number of fused-ring (bicyclic) bond motifs is 1. The zero-order valence-electron chi connectivity index (χ0n) is 15.0. The fourth-order valence-corrected chi connectivity index (χ4v) is 3.09. The van der Waals surface area contributed by atoms with Gasteiger partial charge in [-0.15, -0.1) is 12.3 Å². The summed E-state index contributed by atoms with van der Waals surface area (Å²) in [5, 5.41) is 4.88. The molecule has 3 N–H and O–H groups in total. The third-order valence-electron chi connectivity index (χ3n) is 4.28. The van der Waals surface area contributed by atoms with Gasteiger partial charge in [-0.25, -0.2) is 4.98 Å². The van der Waals surface area contributed by atoms with Gasteiger partial charge in [0.15, 0.2) is 0 Å². The van der Waals surface area contributed by atoms with Gasteiger partial charge in [-0.2, -0.15) is 0 Å². The number of piperidine rings is 1.